The summed E-state index contributed by atoms with van der Waals surface area (Å²) in [6, 6.07) is 9.36. The summed E-state index contributed by atoms with van der Waals surface area (Å²) in [4.78, 5) is 3.42. The molecule has 1 aliphatic heterocycles. The third-order valence-corrected chi connectivity index (χ3v) is 4.93. The van der Waals surface area contributed by atoms with E-state index in [9.17, 15) is 13.2 Å². The largest absolute Gasteiger partial charge is 0.453 e. The van der Waals surface area contributed by atoms with E-state index in [0.717, 1.165) is 11.0 Å². The number of furan rings is 1. The van der Waals surface area contributed by atoms with Gasteiger partial charge in [-0.05, 0) is 19.1 Å². The molecule has 0 bridgehead atoms. The van der Waals surface area contributed by atoms with Crippen LogP contribution < -0.4 is 4.90 Å². The third kappa shape index (κ3) is 3.51. The van der Waals surface area contributed by atoms with Crippen molar-refractivity contribution in [2.75, 3.05) is 31.1 Å². The number of aromatic nitrogens is 3. The minimum Gasteiger partial charge on any atom is -0.453 e. The molecule has 1 atom stereocenters. The number of anilines is 1. The standard InChI is InChI=1S/C18H20F3N5O/c1-12-10-25(7-8-26(12)11-18(19,20)21)17-23-22-16(24(17)2)15-9-13-5-3-4-6-14(13)27-15/h3-6,9,12H,7-8,10-11H2,1-2H3. The summed E-state index contributed by atoms with van der Waals surface area (Å²) in [5.74, 6) is 1.83. The summed E-state index contributed by atoms with van der Waals surface area (Å²) in [5.41, 5.74) is 0.770. The van der Waals surface area contributed by atoms with Crippen LogP contribution in [0, 0.1) is 0 Å². The Morgan fingerprint density at radius 1 is 1.19 bits per heavy atom. The van der Waals surface area contributed by atoms with Crippen molar-refractivity contribution >= 4 is 16.9 Å². The second kappa shape index (κ2) is 6.56. The number of benzene rings is 1. The molecule has 144 valence electrons. The molecule has 1 aromatic carbocycles. The smallest absolute Gasteiger partial charge is 0.401 e. The molecule has 4 rings (SSSR count). The number of hydrogen-bond donors (Lipinski definition) is 0. The van der Waals surface area contributed by atoms with Gasteiger partial charge in [-0.15, -0.1) is 10.2 Å². The average molecular weight is 379 g/mol. The second-order valence-electron chi connectivity index (χ2n) is 6.91. The van der Waals surface area contributed by atoms with Crippen LogP contribution in [0.25, 0.3) is 22.6 Å². The first-order valence-electron chi connectivity index (χ1n) is 8.76. The lowest BCUT2D eigenvalue weighted by molar-refractivity contribution is -0.150. The van der Waals surface area contributed by atoms with Crippen molar-refractivity contribution < 1.29 is 17.6 Å². The first-order chi connectivity index (χ1) is 12.8. The van der Waals surface area contributed by atoms with Crippen molar-refractivity contribution in [2.24, 2.45) is 7.05 Å². The van der Waals surface area contributed by atoms with Crippen molar-refractivity contribution in [3.05, 3.63) is 30.3 Å². The fourth-order valence-corrected chi connectivity index (χ4v) is 3.55. The molecule has 0 saturated carbocycles. The molecular formula is C18H20F3N5O. The molecule has 1 unspecified atom stereocenters. The topological polar surface area (TPSA) is 50.3 Å². The van der Waals surface area contributed by atoms with Gasteiger partial charge in [0, 0.05) is 38.1 Å². The van der Waals surface area contributed by atoms with Crippen LogP contribution in [0.4, 0.5) is 19.1 Å². The van der Waals surface area contributed by atoms with E-state index in [1.165, 1.54) is 4.90 Å². The van der Waals surface area contributed by atoms with Crippen molar-refractivity contribution in [2.45, 2.75) is 19.1 Å². The first-order valence-corrected chi connectivity index (χ1v) is 8.76. The Balaban J connectivity index is 1.54. The van der Waals surface area contributed by atoms with E-state index < -0.39 is 12.7 Å². The van der Waals surface area contributed by atoms with E-state index in [0.29, 0.717) is 37.2 Å². The lowest BCUT2D eigenvalue weighted by Crippen LogP contribution is -2.54. The molecule has 3 heterocycles. The van der Waals surface area contributed by atoms with Crippen molar-refractivity contribution in [3.8, 4) is 11.6 Å². The maximum atomic E-state index is 12.7. The van der Waals surface area contributed by atoms with Crippen LogP contribution in [0.3, 0.4) is 0 Å². The van der Waals surface area contributed by atoms with Gasteiger partial charge in [-0.1, -0.05) is 18.2 Å². The lowest BCUT2D eigenvalue weighted by atomic mass is 10.2. The minimum absolute atomic E-state index is 0.230. The number of fused-ring (bicyclic) bond motifs is 1. The van der Waals surface area contributed by atoms with Gasteiger partial charge >= 0.3 is 6.18 Å². The number of halogens is 3. The molecule has 9 heteroatoms. The highest BCUT2D eigenvalue weighted by Crippen LogP contribution is 2.29. The molecule has 0 N–H and O–H groups in total. The number of alkyl halides is 3. The molecule has 1 fully saturated rings. The summed E-state index contributed by atoms with van der Waals surface area (Å²) in [5, 5.41) is 9.48. The van der Waals surface area contributed by atoms with Crippen LogP contribution in [0.15, 0.2) is 34.7 Å². The van der Waals surface area contributed by atoms with Crippen molar-refractivity contribution in [1.82, 2.24) is 19.7 Å². The SMILES string of the molecule is CC1CN(c2nnc(-c3cc4ccccc4o3)n2C)CCN1CC(F)(F)F. The number of para-hydroxylation sites is 1. The van der Waals surface area contributed by atoms with Crippen LogP contribution in [0.2, 0.25) is 0 Å². The van der Waals surface area contributed by atoms with Crippen LogP contribution in [-0.4, -0.2) is 58.1 Å². The summed E-state index contributed by atoms with van der Waals surface area (Å²) >= 11 is 0. The molecule has 0 amide bonds. The van der Waals surface area contributed by atoms with Gasteiger partial charge in [-0.3, -0.25) is 9.47 Å². The minimum atomic E-state index is -4.18. The fraction of sp³-hybridized carbons (Fsp3) is 0.444. The van der Waals surface area contributed by atoms with Crippen LogP contribution in [-0.2, 0) is 7.05 Å². The Labute approximate surface area is 154 Å². The molecule has 0 radical (unpaired) electrons. The zero-order valence-corrected chi connectivity index (χ0v) is 15.1. The highest BCUT2D eigenvalue weighted by Gasteiger charge is 2.36. The molecule has 27 heavy (non-hydrogen) atoms. The quantitative estimate of drug-likeness (QED) is 0.699. The summed E-state index contributed by atoms with van der Waals surface area (Å²) in [6.07, 6.45) is -4.18. The van der Waals surface area contributed by atoms with E-state index in [1.807, 2.05) is 46.8 Å². The second-order valence-corrected chi connectivity index (χ2v) is 6.91. The maximum absolute atomic E-state index is 12.7. The highest BCUT2D eigenvalue weighted by molar-refractivity contribution is 5.81. The molecule has 6 nitrogen and oxygen atoms in total. The predicted molar refractivity (Wildman–Crippen MR) is 95.5 cm³/mol. The number of rotatable bonds is 3. The van der Waals surface area contributed by atoms with Gasteiger partial charge in [-0.2, -0.15) is 13.2 Å². The summed E-state index contributed by atoms with van der Waals surface area (Å²) in [6.45, 7) is 2.17. The Bertz CT molecular complexity index is 915. The summed E-state index contributed by atoms with van der Waals surface area (Å²) < 4.78 is 45.7. The predicted octanol–water partition coefficient (Wildman–Crippen LogP) is 3.30. The molecular weight excluding hydrogens is 359 g/mol. The van der Waals surface area contributed by atoms with Gasteiger partial charge in [0.15, 0.2) is 5.76 Å². The normalized spacial score (nSPS) is 19.1. The number of nitrogens with zero attached hydrogens (tertiary/aromatic N) is 5. The average Bonchev–Trinajstić information content (AvgIpc) is 3.18. The molecule has 1 saturated heterocycles. The van der Waals surface area contributed by atoms with Gasteiger partial charge in [0.1, 0.15) is 5.58 Å². The van der Waals surface area contributed by atoms with E-state index >= 15 is 0 Å². The molecule has 1 aliphatic rings. The highest BCUT2D eigenvalue weighted by atomic mass is 19.4. The van der Waals surface area contributed by atoms with Gasteiger partial charge in [-0.25, -0.2) is 0 Å². The van der Waals surface area contributed by atoms with Crippen molar-refractivity contribution in [1.29, 1.82) is 0 Å². The van der Waals surface area contributed by atoms with E-state index in [2.05, 4.69) is 10.2 Å². The van der Waals surface area contributed by atoms with Gasteiger partial charge in [0.25, 0.3) is 0 Å². The van der Waals surface area contributed by atoms with E-state index in [-0.39, 0.29) is 6.04 Å². The van der Waals surface area contributed by atoms with E-state index in [1.54, 1.807) is 6.92 Å². The van der Waals surface area contributed by atoms with E-state index in [4.69, 9.17) is 4.42 Å². The number of piperazine rings is 1. The Kier molecular flexibility index (Phi) is 4.33. The molecule has 3 aromatic rings. The monoisotopic (exact) mass is 379 g/mol. The van der Waals surface area contributed by atoms with Crippen LogP contribution in [0.5, 0.6) is 0 Å². The fourth-order valence-electron chi connectivity index (χ4n) is 3.55. The molecule has 0 aliphatic carbocycles. The Morgan fingerprint density at radius 2 is 1.96 bits per heavy atom. The lowest BCUT2D eigenvalue weighted by Gasteiger charge is -2.40. The molecule has 0 spiro atoms. The Morgan fingerprint density at radius 3 is 2.67 bits per heavy atom. The van der Waals surface area contributed by atoms with Gasteiger partial charge in [0.05, 0.1) is 6.54 Å². The van der Waals surface area contributed by atoms with Crippen LogP contribution >= 0.6 is 0 Å². The zero-order chi connectivity index (χ0) is 19.2. The van der Waals surface area contributed by atoms with Gasteiger partial charge < -0.3 is 9.32 Å². The Hall–Kier alpha value is -2.55. The third-order valence-electron chi connectivity index (χ3n) is 4.93. The van der Waals surface area contributed by atoms with Crippen LogP contribution in [0.1, 0.15) is 6.92 Å². The zero-order valence-electron chi connectivity index (χ0n) is 15.1. The van der Waals surface area contributed by atoms with Crippen molar-refractivity contribution in [3.63, 3.8) is 0 Å². The first kappa shape index (κ1) is 17.8. The molecule has 2 aromatic heterocycles. The number of hydrogen-bond acceptors (Lipinski definition) is 5. The summed E-state index contributed by atoms with van der Waals surface area (Å²) in [7, 11) is 1.84. The maximum Gasteiger partial charge on any atom is 0.401 e. The van der Waals surface area contributed by atoms with Gasteiger partial charge in [0.2, 0.25) is 11.8 Å².